The zero-order valence-corrected chi connectivity index (χ0v) is 20.4. The van der Waals surface area contributed by atoms with E-state index in [4.69, 9.17) is 9.47 Å². The van der Waals surface area contributed by atoms with E-state index in [2.05, 4.69) is 13.8 Å². The second-order valence-corrected chi connectivity index (χ2v) is 8.69. The maximum absolute atomic E-state index is 12.0. The van der Waals surface area contributed by atoms with E-state index < -0.39 is 0 Å². The van der Waals surface area contributed by atoms with Gasteiger partial charge in [-0.2, -0.15) is 0 Å². The molecule has 0 aliphatic rings. The maximum atomic E-state index is 12.0. The van der Waals surface area contributed by atoms with Gasteiger partial charge in [0.15, 0.2) is 0 Å². The standard InChI is InChI=1S/C28H46O3/c1-4-6-7-8-9-10-11-12-13-14-15-16-17-25(5-2)24-31-28(29)23-20-26-18-21-27(30-3)22-19-26/h18-23,25H,4-17,24H2,1-3H3/b23-20+. The fourth-order valence-corrected chi connectivity index (χ4v) is 3.81. The van der Waals surface area contributed by atoms with Gasteiger partial charge >= 0.3 is 5.97 Å². The summed E-state index contributed by atoms with van der Waals surface area (Å²) < 4.78 is 10.6. The predicted octanol–water partition coefficient (Wildman–Crippen LogP) is 8.37. The molecule has 0 saturated heterocycles. The van der Waals surface area contributed by atoms with Gasteiger partial charge in [-0.05, 0) is 36.1 Å². The van der Waals surface area contributed by atoms with E-state index in [1.807, 2.05) is 24.3 Å². The number of ether oxygens (including phenoxy) is 2. The van der Waals surface area contributed by atoms with Crippen LogP contribution in [-0.4, -0.2) is 19.7 Å². The number of hydrogen-bond acceptors (Lipinski definition) is 3. The van der Waals surface area contributed by atoms with Crippen molar-refractivity contribution >= 4 is 12.0 Å². The molecule has 1 aromatic carbocycles. The molecule has 0 aliphatic heterocycles. The molecule has 0 aliphatic carbocycles. The van der Waals surface area contributed by atoms with Crippen molar-refractivity contribution in [1.29, 1.82) is 0 Å². The minimum absolute atomic E-state index is 0.260. The first kappa shape index (κ1) is 27.3. The zero-order chi connectivity index (χ0) is 22.6. The molecule has 0 heterocycles. The molecule has 0 aromatic heterocycles. The summed E-state index contributed by atoms with van der Waals surface area (Å²) in [5.74, 6) is 1.02. The van der Waals surface area contributed by atoms with Gasteiger partial charge in [0.05, 0.1) is 13.7 Å². The maximum Gasteiger partial charge on any atom is 0.330 e. The quantitative estimate of drug-likeness (QED) is 0.126. The highest BCUT2D eigenvalue weighted by molar-refractivity contribution is 5.87. The number of unbranched alkanes of at least 4 members (excludes halogenated alkanes) is 11. The van der Waals surface area contributed by atoms with E-state index in [0.29, 0.717) is 12.5 Å². The molecule has 0 N–H and O–H groups in total. The molecule has 1 unspecified atom stereocenters. The number of carbonyl (C=O) groups is 1. The average Bonchev–Trinajstić information content (AvgIpc) is 2.80. The van der Waals surface area contributed by atoms with Gasteiger partial charge in [-0.1, -0.05) is 109 Å². The van der Waals surface area contributed by atoms with Gasteiger partial charge in [0.1, 0.15) is 5.75 Å². The molecule has 1 aromatic rings. The van der Waals surface area contributed by atoms with Crippen molar-refractivity contribution in [3.8, 4) is 5.75 Å². The van der Waals surface area contributed by atoms with Crippen molar-refractivity contribution in [2.75, 3.05) is 13.7 Å². The molecule has 0 spiro atoms. The van der Waals surface area contributed by atoms with E-state index in [1.165, 1.54) is 83.1 Å². The highest BCUT2D eigenvalue weighted by Crippen LogP contribution is 2.17. The van der Waals surface area contributed by atoms with Crippen LogP contribution in [0.3, 0.4) is 0 Å². The third-order valence-corrected chi connectivity index (χ3v) is 6.03. The van der Waals surface area contributed by atoms with Crippen LogP contribution in [0, 0.1) is 5.92 Å². The highest BCUT2D eigenvalue weighted by Gasteiger charge is 2.09. The number of esters is 1. The Balaban J connectivity index is 2.04. The molecule has 0 bridgehead atoms. The number of methoxy groups -OCH3 is 1. The van der Waals surface area contributed by atoms with Gasteiger partial charge in [-0.25, -0.2) is 4.79 Å². The lowest BCUT2D eigenvalue weighted by Gasteiger charge is -2.14. The Bertz CT molecular complexity index is 576. The molecule has 3 heteroatoms. The lowest BCUT2D eigenvalue weighted by molar-refractivity contribution is -0.139. The van der Waals surface area contributed by atoms with Gasteiger partial charge in [-0.15, -0.1) is 0 Å². The topological polar surface area (TPSA) is 35.5 Å². The van der Waals surface area contributed by atoms with E-state index in [9.17, 15) is 4.79 Å². The SMILES string of the molecule is CCCCCCCCCCCCCCC(CC)COC(=O)/C=C/c1ccc(OC)cc1. The van der Waals surface area contributed by atoms with E-state index in [1.54, 1.807) is 13.2 Å². The van der Waals surface area contributed by atoms with E-state index in [0.717, 1.165) is 24.2 Å². The number of benzene rings is 1. The summed E-state index contributed by atoms with van der Waals surface area (Å²) in [4.78, 5) is 12.0. The minimum atomic E-state index is -0.260. The van der Waals surface area contributed by atoms with E-state index in [-0.39, 0.29) is 5.97 Å². The van der Waals surface area contributed by atoms with Crippen LogP contribution in [0.4, 0.5) is 0 Å². The molecule has 0 fully saturated rings. The predicted molar refractivity (Wildman–Crippen MR) is 132 cm³/mol. The Kier molecular flexibility index (Phi) is 16.7. The third kappa shape index (κ3) is 14.8. The summed E-state index contributed by atoms with van der Waals surface area (Å²) in [6.45, 7) is 4.99. The largest absolute Gasteiger partial charge is 0.497 e. The van der Waals surface area contributed by atoms with Gasteiger partial charge in [0, 0.05) is 6.08 Å². The van der Waals surface area contributed by atoms with Gasteiger partial charge in [0.2, 0.25) is 0 Å². The minimum Gasteiger partial charge on any atom is -0.497 e. The monoisotopic (exact) mass is 430 g/mol. The highest BCUT2D eigenvalue weighted by atomic mass is 16.5. The summed E-state index contributed by atoms with van der Waals surface area (Å²) >= 11 is 0. The van der Waals surface area contributed by atoms with Crippen LogP contribution in [0.5, 0.6) is 5.75 Å². The van der Waals surface area contributed by atoms with Crippen LogP contribution < -0.4 is 4.74 Å². The van der Waals surface area contributed by atoms with Crippen LogP contribution in [0.25, 0.3) is 6.08 Å². The molecule has 1 atom stereocenters. The molecule has 31 heavy (non-hydrogen) atoms. The number of rotatable bonds is 19. The summed E-state index contributed by atoms with van der Waals surface area (Å²) in [7, 11) is 1.64. The smallest absolute Gasteiger partial charge is 0.330 e. The van der Waals surface area contributed by atoms with Crippen LogP contribution in [-0.2, 0) is 9.53 Å². The zero-order valence-electron chi connectivity index (χ0n) is 20.4. The van der Waals surface area contributed by atoms with Crippen molar-refractivity contribution in [2.45, 2.75) is 104 Å². The molecular weight excluding hydrogens is 384 g/mol. The van der Waals surface area contributed by atoms with Crippen molar-refractivity contribution in [3.05, 3.63) is 35.9 Å². The van der Waals surface area contributed by atoms with E-state index >= 15 is 0 Å². The fraction of sp³-hybridized carbons (Fsp3) is 0.679. The Morgan fingerprint density at radius 3 is 1.90 bits per heavy atom. The van der Waals surface area contributed by atoms with Crippen molar-refractivity contribution < 1.29 is 14.3 Å². The second-order valence-electron chi connectivity index (χ2n) is 8.69. The Morgan fingerprint density at radius 2 is 1.39 bits per heavy atom. The van der Waals surface area contributed by atoms with Crippen LogP contribution in [0.1, 0.15) is 109 Å². The second kappa shape index (κ2) is 19.0. The molecular formula is C28H46O3. The summed E-state index contributed by atoms with van der Waals surface area (Å²) in [5.41, 5.74) is 0.960. The third-order valence-electron chi connectivity index (χ3n) is 6.03. The normalized spacial score (nSPS) is 12.2. The van der Waals surface area contributed by atoms with Crippen LogP contribution in [0.15, 0.2) is 30.3 Å². The lowest BCUT2D eigenvalue weighted by atomic mass is 9.98. The van der Waals surface area contributed by atoms with Gasteiger partial charge in [-0.3, -0.25) is 0 Å². The molecule has 176 valence electrons. The van der Waals surface area contributed by atoms with Crippen LogP contribution in [0.2, 0.25) is 0 Å². The fourth-order valence-electron chi connectivity index (χ4n) is 3.81. The van der Waals surface area contributed by atoms with Crippen LogP contribution >= 0.6 is 0 Å². The van der Waals surface area contributed by atoms with Gasteiger partial charge in [0.25, 0.3) is 0 Å². The molecule has 1 rings (SSSR count). The lowest BCUT2D eigenvalue weighted by Crippen LogP contribution is -2.12. The summed E-state index contributed by atoms with van der Waals surface area (Å²) in [6, 6.07) is 7.61. The average molecular weight is 431 g/mol. The number of hydrogen-bond donors (Lipinski definition) is 0. The van der Waals surface area contributed by atoms with Crippen molar-refractivity contribution in [1.82, 2.24) is 0 Å². The molecule has 0 radical (unpaired) electrons. The van der Waals surface area contributed by atoms with Crippen molar-refractivity contribution in [3.63, 3.8) is 0 Å². The van der Waals surface area contributed by atoms with Crippen molar-refractivity contribution in [2.24, 2.45) is 5.92 Å². The Labute approximate surface area is 191 Å². The summed E-state index contributed by atoms with van der Waals surface area (Å²) in [5, 5.41) is 0. The molecule has 0 amide bonds. The first-order chi connectivity index (χ1) is 15.2. The summed E-state index contributed by atoms with van der Waals surface area (Å²) in [6.07, 6.45) is 22.0. The first-order valence-electron chi connectivity index (χ1n) is 12.7. The Morgan fingerprint density at radius 1 is 0.839 bits per heavy atom. The number of carbonyl (C=O) groups excluding carboxylic acids is 1. The van der Waals surface area contributed by atoms with Gasteiger partial charge < -0.3 is 9.47 Å². The Hall–Kier alpha value is -1.77. The molecule has 3 nitrogen and oxygen atoms in total. The first-order valence-corrected chi connectivity index (χ1v) is 12.7. The molecule has 0 saturated carbocycles.